The smallest absolute Gasteiger partial charge is 0.416 e. The van der Waals surface area contributed by atoms with Gasteiger partial charge in [-0.3, -0.25) is 9.59 Å². The number of para-hydroxylation sites is 1. The third kappa shape index (κ3) is 4.53. The van der Waals surface area contributed by atoms with Gasteiger partial charge >= 0.3 is 12.1 Å². The van der Waals surface area contributed by atoms with Crippen LogP contribution in [0.1, 0.15) is 22.8 Å². The summed E-state index contributed by atoms with van der Waals surface area (Å²) >= 11 is 0.936. The van der Waals surface area contributed by atoms with Gasteiger partial charge in [-0.1, -0.05) is 23.5 Å². The molecule has 0 fully saturated rings. The molecule has 3 aromatic rings. The van der Waals surface area contributed by atoms with Gasteiger partial charge in [0.2, 0.25) is 0 Å². The fourth-order valence-electron chi connectivity index (χ4n) is 2.63. The van der Waals surface area contributed by atoms with Crippen molar-refractivity contribution in [1.82, 2.24) is 4.57 Å². The van der Waals surface area contributed by atoms with Gasteiger partial charge in [0.05, 0.1) is 22.4 Å². The van der Waals surface area contributed by atoms with Crippen LogP contribution in [0.4, 0.5) is 17.6 Å². The Labute approximate surface area is 165 Å². The van der Waals surface area contributed by atoms with Gasteiger partial charge < -0.3 is 9.30 Å². The number of thiazole rings is 1. The molecule has 1 aromatic heterocycles. The number of nitrogens with zero attached hydrogens (tertiary/aromatic N) is 2. The second-order valence-corrected chi connectivity index (χ2v) is 6.87. The summed E-state index contributed by atoms with van der Waals surface area (Å²) in [6.45, 7) is 1.32. The fraction of sp³-hybridized carbons (Fsp3) is 0.211. The molecule has 3 rings (SSSR count). The standard InChI is InChI=1S/C19H14F4N2O3S/c1-2-28-15(26)10-25-16-13(20)7-4-8-14(16)29-18(25)24-17(27)11-5-3-6-12(9-11)19(21,22)23/h3-9H,2,10H2,1H3. The van der Waals surface area contributed by atoms with E-state index in [-0.39, 0.29) is 22.5 Å². The van der Waals surface area contributed by atoms with Crippen LogP contribution in [0.3, 0.4) is 0 Å². The van der Waals surface area contributed by atoms with Crippen LogP contribution in [0.5, 0.6) is 0 Å². The van der Waals surface area contributed by atoms with Crippen LogP contribution in [0, 0.1) is 5.82 Å². The number of hydrogen-bond acceptors (Lipinski definition) is 4. The van der Waals surface area contributed by atoms with E-state index in [0.29, 0.717) is 10.8 Å². The Morgan fingerprint density at radius 3 is 2.59 bits per heavy atom. The third-order valence-electron chi connectivity index (χ3n) is 3.88. The lowest BCUT2D eigenvalue weighted by Crippen LogP contribution is -2.23. The lowest BCUT2D eigenvalue weighted by Gasteiger charge is -2.07. The zero-order valence-electron chi connectivity index (χ0n) is 15.0. The Balaban J connectivity index is 2.11. The lowest BCUT2D eigenvalue weighted by atomic mass is 10.1. The molecule has 0 atom stereocenters. The van der Waals surface area contributed by atoms with E-state index in [2.05, 4.69) is 4.99 Å². The van der Waals surface area contributed by atoms with Crippen molar-refractivity contribution < 1.29 is 31.9 Å². The number of benzene rings is 2. The van der Waals surface area contributed by atoms with E-state index in [9.17, 15) is 27.2 Å². The largest absolute Gasteiger partial charge is 0.465 e. The van der Waals surface area contributed by atoms with Crippen LogP contribution in [-0.4, -0.2) is 23.1 Å². The molecule has 1 heterocycles. The molecule has 0 aliphatic rings. The number of halogens is 4. The van der Waals surface area contributed by atoms with Crippen LogP contribution < -0.4 is 4.80 Å². The van der Waals surface area contributed by atoms with Gasteiger partial charge in [-0.2, -0.15) is 18.2 Å². The summed E-state index contributed by atoms with van der Waals surface area (Å²) in [6, 6.07) is 8.06. The summed E-state index contributed by atoms with van der Waals surface area (Å²) in [5.41, 5.74) is -1.21. The molecule has 0 bridgehead atoms. The molecule has 1 amide bonds. The van der Waals surface area contributed by atoms with Crippen LogP contribution >= 0.6 is 11.3 Å². The molecule has 0 unspecified atom stereocenters. The van der Waals surface area contributed by atoms with Crippen LogP contribution in [0.15, 0.2) is 47.5 Å². The minimum Gasteiger partial charge on any atom is -0.465 e. The molecular weight excluding hydrogens is 412 g/mol. The normalized spacial score (nSPS) is 12.4. The van der Waals surface area contributed by atoms with Crippen molar-refractivity contribution in [3.8, 4) is 0 Å². The Bertz CT molecular complexity index is 1150. The van der Waals surface area contributed by atoms with E-state index < -0.39 is 36.0 Å². The first-order valence-electron chi connectivity index (χ1n) is 8.40. The number of alkyl halides is 3. The van der Waals surface area contributed by atoms with Crippen molar-refractivity contribution in [3.63, 3.8) is 0 Å². The van der Waals surface area contributed by atoms with E-state index in [4.69, 9.17) is 4.74 Å². The molecule has 2 aromatic carbocycles. The van der Waals surface area contributed by atoms with E-state index >= 15 is 0 Å². The first-order valence-corrected chi connectivity index (χ1v) is 9.22. The number of aromatic nitrogens is 1. The van der Waals surface area contributed by atoms with Gasteiger partial charge in [-0.05, 0) is 37.3 Å². The first kappa shape index (κ1) is 20.7. The second kappa shape index (κ2) is 8.16. The van der Waals surface area contributed by atoms with Crippen molar-refractivity contribution >= 4 is 33.4 Å². The summed E-state index contributed by atoms with van der Waals surface area (Å²) in [6.07, 6.45) is -4.61. The molecule has 29 heavy (non-hydrogen) atoms. The maximum absolute atomic E-state index is 14.3. The van der Waals surface area contributed by atoms with Gasteiger partial charge in [0.1, 0.15) is 12.4 Å². The van der Waals surface area contributed by atoms with E-state index in [0.717, 1.165) is 23.5 Å². The van der Waals surface area contributed by atoms with Crippen molar-refractivity contribution in [2.24, 2.45) is 4.99 Å². The summed E-state index contributed by atoms with van der Waals surface area (Å²) in [7, 11) is 0. The Morgan fingerprint density at radius 2 is 1.90 bits per heavy atom. The molecule has 152 valence electrons. The monoisotopic (exact) mass is 426 g/mol. The first-order chi connectivity index (χ1) is 13.7. The van der Waals surface area contributed by atoms with E-state index in [1.54, 1.807) is 13.0 Å². The third-order valence-corrected chi connectivity index (χ3v) is 4.92. The Hall–Kier alpha value is -3.01. The highest BCUT2D eigenvalue weighted by atomic mass is 32.1. The van der Waals surface area contributed by atoms with Crippen LogP contribution in [-0.2, 0) is 22.3 Å². The number of fused-ring (bicyclic) bond motifs is 1. The SMILES string of the molecule is CCOC(=O)Cn1c(=NC(=O)c2cccc(C(F)(F)F)c2)sc2cccc(F)c21. The highest BCUT2D eigenvalue weighted by Gasteiger charge is 2.30. The average molecular weight is 426 g/mol. The highest BCUT2D eigenvalue weighted by Crippen LogP contribution is 2.29. The van der Waals surface area contributed by atoms with Crippen molar-refractivity contribution in [3.05, 3.63) is 64.2 Å². The fourth-order valence-corrected chi connectivity index (χ4v) is 3.68. The van der Waals surface area contributed by atoms with Gasteiger partial charge in [0.25, 0.3) is 5.91 Å². The minimum atomic E-state index is -4.61. The quantitative estimate of drug-likeness (QED) is 0.465. The molecule has 0 saturated carbocycles. The Kier molecular flexibility index (Phi) is 5.83. The molecule has 0 radical (unpaired) electrons. The number of esters is 1. The predicted octanol–water partition coefficient (Wildman–Crippen LogP) is 4.16. The van der Waals surface area contributed by atoms with Gasteiger partial charge in [0.15, 0.2) is 4.80 Å². The van der Waals surface area contributed by atoms with Crippen molar-refractivity contribution in [1.29, 1.82) is 0 Å². The minimum absolute atomic E-state index is 0.0273. The molecule has 5 nitrogen and oxygen atoms in total. The highest BCUT2D eigenvalue weighted by molar-refractivity contribution is 7.16. The summed E-state index contributed by atoms with van der Waals surface area (Å²) in [5, 5.41) is 0. The number of carbonyl (C=O) groups excluding carboxylic acids is 2. The summed E-state index contributed by atoms with van der Waals surface area (Å²) < 4.78 is 59.5. The average Bonchev–Trinajstić information content (AvgIpc) is 2.99. The van der Waals surface area contributed by atoms with Gasteiger partial charge in [-0.15, -0.1) is 0 Å². The van der Waals surface area contributed by atoms with Gasteiger partial charge in [-0.25, -0.2) is 4.39 Å². The maximum Gasteiger partial charge on any atom is 0.416 e. The summed E-state index contributed by atoms with van der Waals surface area (Å²) in [5.74, 6) is -2.24. The summed E-state index contributed by atoms with van der Waals surface area (Å²) in [4.78, 5) is 28.2. The molecule has 0 N–H and O–H groups in total. The predicted molar refractivity (Wildman–Crippen MR) is 97.7 cm³/mol. The van der Waals surface area contributed by atoms with E-state index in [1.807, 2.05) is 0 Å². The number of carbonyl (C=O) groups is 2. The molecular formula is C19H14F4N2O3S. The van der Waals surface area contributed by atoms with Gasteiger partial charge in [0, 0.05) is 5.56 Å². The zero-order chi connectivity index (χ0) is 21.2. The number of ether oxygens (including phenoxy) is 1. The number of rotatable bonds is 4. The second-order valence-electron chi connectivity index (χ2n) is 5.86. The van der Waals surface area contributed by atoms with E-state index in [1.165, 1.54) is 22.8 Å². The zero-order valence-corrected chi connectivity index (χ0v) is 15.8. The Morgan fingerprint density at radius 1 is 1.17 bits per heavy atom. The van der Waals surface area contributed by atoms with Crippen LogP contribution in [0.25, 0.3) is 10.2 Å². The van der Waals surface area contributed by atoms with Crippen molar-refractivity contribution in [2.45, 2.75) is 19.6 Å². The maximum atomic E-state index is 14.3. The topological polar surface area (TPSA) is 60.7 Å². The molecule has 0 saturated heterocycles. The lowest BCUT2D eigenvalue weighted by molar-refractivity contribution is -0.143. The molecule has 10 heteroatoms. The van der Waals surface area contributed by atoms with Crippen LogP contribution in [0.2, 0.25) is 0 Å². The molecule has 0 aliphatic carbocycles. The number of hydrogen-bond donors (Lipinski definition) is 0. The number of amides is 1. The molecule has 0 aliphatic heterocycles. The van der Waals surface area contributed by atoms with Crippen molar-refractivity contribution in [2.75, 3.05) is 6.61 Å². The molecule has 0 spiro atoms.